The van der Waals surface area contributed by atoms with Crippen LogP contribution < -0.4 is 0 Å². The fraction of sp³-hybridized carbons (Fsp3) is 0.0548. The summed E-state index contributed by atoms with van der Waals surface area (Å²) in [6, 6.07) is 99.0. The van der Waals surface area contributed by atoms with Gasteiger partial charge in [0.15, 0.2) is 17.5 Å². The third-order valence-corrected chi connectivity index (χ3v) is 16.0. The van der Waals surface area contributed by atoms with Gasteiger partial charge < -0.3 is 0 Å². The molecule has 0 unspecified atom stereocenters. The smallest absolute Gasteiger partial charge is 0.164 e. The summed E-state index contributed by atoms with van der Waals surface area (Å²) >= 11 is 0. The van der Waals surface area contributed by atoms with Crippen molar-refractivity contribution in [3.63, 3.8) is 0 Å². The lowest BCUT2D eigenvalue weighted by atomic mass is 9.55. The minimum absolute atomic E-state index is 0.229. The highest BCUT2D eigenvalue weighted by Gasteiger charge is 2.54. The fourth-order valence-corrected chi connectivity index (χ4v) is 12.4. The molecule has 14 rings (SSSR count). The quantitative estimate of drug-likeness (QED) is 0.152. The van der Waals surface area contributed by atoms with E-state index < -0.39 is 5.41 Å². The van der Waals surface area contributed by atoms with Gasteiger partial charge in [0.1, 0.15) is 0 Å². The Morgan fingerprint density at radius 2 is 0.566 bits per heavy atom. The first kappa shape index (κ1) is 45.1. The molecule has 3 nitrogen and oxygen atoms in total. The largest absolute Gasteiger partial charge is 0.208 e. The highest BCUT2D eigenvalue weighted by atomic mass is 15.0. The summed E-state index contributed by atoms with van der Waals surface area (Å²) in [5.41, 5.74) is 23.8. The van der Waals surface area contributed by atoms with Crippen LogP contribution >= 0.6 is 0 Å². The molecule has 358 valence electrons. The van der Waals surface area contributed by atoms with E-state index in [0.29, 0.717) is 17.5 Å². The lowest BCUT2D eigenvalue weighted by molar-refractivity contribution is 0.563. The standard InChI is InChI=1S/C73H51N3/c1-72(2)63-29-15-17-31-65(63)73(66-32-18-16-30-64(66)72)62-43-42-56(52-34-36-53(37-35-52)59-45-57(49-22-9-4-10-23-49)44-58(46-59)50-24-11-5-12-25-50)47-61(62)68-60(28-19-33-67(68)73)71-75-69(54-26-13-6-14-27-54)74-70(76-71)55-40-38-51(39-41-55)48-20-7-3-8-21-48/h3-47H,1-2H3. The number of fused-ring (bicyclic) bond motifs is 9. The molecule has 2 aliphatic carbocycles. The molecule has 0 saturated carbocycles. The minimum Gasteiger partial charge on any atom is -0.208 e. The van der Waals surface area contributed by atoms with Gasteiger partial charge in [0.05, 0.1) is 5.41 Å². The number of hydrogen-bond acceptors (Lipinski definition) is 3. The van der Waals surface area contributed by atoms with E-state index >= 15 is 0 Å². The Morgan fingerprint density at radius 1 is 0.224 bits per heavy atom. The first-order valence-corrected chi connectivity index (χ1v) is 26.2. The molecule has 2 aliphatic rings. The van der Waals surface area contributed by atoms with Gasteiger partial charge in [-0.05, 0) is 124 Å². The lowest BCUT2D eigenvalue weighted by Gasteiger charge is -2.46. The van der Waals surface area contributed by atoms with Crippen LogP contribution in [0.1, 0.15) is 47.2 Å². The van der Waals surface area contributed by atoms with Gasteiger partial charge in [0.25, 0.3) is 0 Å². The molecule has 0 aliphatic heterocycles. The van der Waals surface area contributed by atoms with Crippen molar-refractivity contribution in [2.75, 3.05) is 0 Å². The molecule has 0 bridgehead atoms. The zero-order valence-corrected chi connectivity index (χ0v) is 42.3. The summed E-state index contributed by atoms with van der Waals surface area (Å²) in [7, 11) is 0. The van der Waals surface area contributed by atoms with Crippen LogP contribution in [0.2, 0.25) is 0 Å². The molecule has 0 N–H and O–H groups in total. The molecule has 0 atom stereocenters. The van der Waals surface area contributed by atoms with Gasteiger partial charge in [-0.2, -0.15) is 0 Å². The number of benzene rings is 11. The maximum Gasteiger partial charge on any atom is 0.164 e. The fourth-order valence-electron chi connectivity index (χ4n) is 12.4. The van der Waals surface area contributed by atoms with Crippen LogP contribution in [0.3, 0.4) is 0 Å². The molecule has 0 amide bonds. The van der Waals surface area contributed by atoms with E-state index in [1.165, 1.54) is 77.9 Å². The Bertz CT molecular complexity index is 4040. The van der Waals surface area contributed by atoms with E-state index in [1.54, 1.807) is 0 Å². The van der Waals surface area contributed by atoms with Crippen molar-refractivity contribution in [1.29, 1.82) is 0 Å². The van der Waals surface area contributed by atoms with Gasteiger partial charge in [-0.3, -0.25) is 0 Å². The predicted molar refractivity (Wildman–Crippen MR) is 313 cm³/mol. The average Bonchev–Trinajstić information content (AvgIpc) is 4.02. The molecule has 0 radical (unpaired) electrons. The molecule has 11 aromatic carbocycles. The van der Waals surface area contributed by atoms with Gasteiger partial charge in [-0.25, -0.2) is 15.0 Å². The summed E-state index contributed by atoms with van der Waals surface area (Å²) in [5, 5.41) is 0. The molecule has 0 fully saturated rings. The molecule has 76 heavy (non-hydrogen) atoms. The number of nitrogens with zero attached hydrogens (tertiary/aromatic N) is 3. The van der Waals surface area contributed by atoms with Crippen molar-refractivity contribution in [3.05, 3.63) is 306 Å². The van der Waals surface area contributed by atoms with Crippen LogP contribution in [-0.4, -0.2) is 15.0 Å². The molecule has 12 aromatic rings. The highest BCUT2D eigenvalue weighted by Crippen LogP contribution is 2.63. The van der Waals surface area contributed by atoms with Crippen molar-refractivity contribution in [1.82, 2.24) is 15.0 Å². The third kappa shape index (κ3) is 7.38. The van der Waals surface area contributed by atoms with Crippen LogP contribution in [0.15, 0.2) is 273 Å². The van der Waals surface area contributed by atoms with E-state index in [4.69, 9.17) is 15.0 Å². The highest BCUT2D eigenvalue weighted by molar-refractivity contribution is 5.97. The molecule has 0 saturated heterocycles. The van der Waals surface area contributed by atoms with Crippen LogP contribution in [0.4, 0.5) is 0 Å². The molecular weight excluding hydrogens is 919 g/mol. The summed E-state index contributed by atoms with van der Waals surface area (Å²) in [6.07, 6.45) is 0. The Labute approximate surface area is 444 Å². The van der Waals surface area contributed by atoms with Crippen molar-refractivity contribution >= 4 is 0 Å². The molecular formula is C73H51N3. The second-order valence-electron chi connectivity index (χ2n) is 20.7. The monoisotopic (exact) mass is 969 g/mol. The Hall–Kier alpha value is -9.57. The minimum atomic E-state index is -0.614. The molecule has 1 heterocycles. The van der Waals surface area contributed by atoms with E-state index in [9.17, 15) is 0 Å². The summed E-state index contributed by atoms with van der Waals surface area (Å²) in [5.74, 6) is 1.89. The van der Waals surface area contributed by atoms with Crippen molar-refractivity contribution in [3.8, 4) is 101 Å². The second kappa shape index (κ2) is 18.1. The van der Waals surface area contributed by atoms with Crippen molar-refractivity contribution in [2.24, 2.45) is 0 Å². The van der Waals surface area contributed by atoms with Gasteiger partial charge in [-0.15, -0.1) is 0 Å². The second-order valence-corrected chi connectivity index (χ2v) is 20.7. The summed E-state index contributed by atoms with van der Waals surface area (Å²) in [6.45, 7) is 4.75. The van der Waals surface area contributed by atoms with Crippen molar-refractivity contribution < 1.29 is 0 Å². The number of aromatic nitrogens is 3. The van der Waals surface area contributed by atoms with Crippen LogP contribution in [0, 0.1) is 0 Å². The van der Waals surface area contributed by atoms with Crippen LogP contribution in [-0.2, 0) is 10.8 Å². The zero-order valence-electron chi connectivity index (χ0n) is 42.3. The summed E-state index contributed by atoms with van der Waals surface area (Å²) in [4.78, 5) is 16.1. The van der Waals surface area contributed by atoms with E-state index in [0.717, 1.165) is 38.9 Å². The topological polar surface area (TPSA) is 38.7 Å². The van der Waals surface area contributed by atoms with Gasteiger partial charge >= 0.3 is 0 Å². The lowest BCUT2D eigenvalue weighted by Crippen LogP contribution is -2.40. The van der Waals surface area contributed by atoms with Crippen molar-refractivity contribution in [2.45, 2.75) is 24.7 Å². The molecule has 3 heteroatoms. The Balaban J connectivity index is 0.964. The average molecular weight is 970 g/mol. The normalized spacial score (nSPS) is 13.3. The first-order chi connectivity index (χ1) is 37.4. The number of hydrogen-bond donors (Lipinski definition) is 0. The Morgan fingerprint density at radius 3 is 1.07 bits per heavy atom. The van der Waals surface area contributed by atoms with Crippen LogP contribution in [0.25, 0.3) is 101 Å². The number of rotatable bonds is 8. The molecule has 1 spiro atoms. The van der Waals surface area contributed by atoms with E-state index in [1.807, 2.05) is 18.2 Å². The van der Waals surface area contributed by atoms with E-state index in [2.05, 4.69) is 269 Å². The molecule has 1 aromatic heterocycles. The zero-order chi connectivity index (χ0) is 50.8. The first-order valence-electron chi connectivity index (χ1n) is 26.2. The van der Waals surface area contributed by atoms with Gasteiger partial charge in [0, 0.05) is 22.1 Å². The van der Waals surface area contributed by atoms with Gasteiger partial charge in [-0.1, -0.05) is 263 Å². The Kier molecular flexibility index (Phi) is 10.7. The van der Waals surface area contributed by atoms with Crippen LogP contribution in [0.5, 0.6) is 0 Å². The maximum absolute atomic E-state index is 5.45. The maximum atomic E-state index is 5.45. The predicted octanol–water partition coefficient (Wildman–Crippen LogP) is 18.2. The van der Waals surface area contributed by atoms with Gasteiger partial charge in [0.2, 0.25) is 0 Å². The third-order valence-electron chi connectivity index (χ3n) is 16.0. The SMILES string of the molecule is CC1(C)c2ccccc2C2(c3ccc(-c4ccc(-c5cc(-c6ccccc6)cc(-c6ccccc6)c5)cc4)cc3-c3c(-c4nc(-c5ccccc5)nc(-c5ccc(-c6ccccc6)cc5)n4)cccc32)c2ccccc21. The van der Waals surface area contributed by atoms with E-state index in [-0.39, 0.29) is 5.41 Å². The summed E-state index contributed by atoms with van der Waals surface area (Å²) < 4.78 is 0.